The zero-order valence-corrected chi connectivity index (χ0v) is 18.4. The van der Waals surface area contributed by atoms with Gasteiger partial charge in [0.05, 0.1) is 7.11 Å². The van der Waals surface area contributed by atoms with Gasteiger partial charge < -0.3 is 20.4 Å². The second-order valence-corrected chi connectivity index (χ2v) is 7.06. The first-order chi connectivity index (χ1) is 13.7. The van der Waals surface area contributed by atoms with Crippen LogP contribution in [0.4, 0.5) is 15.9 Å². The third-order valence-corrected chi connectivity index (χ3v) is 5.34. The summed E-state index contributed by atoms with van der Waals surface area (Å²) >= 11 is 0. The Balaban J connectivity index is 0.00000160. The Morgan fingerprint density at radius 3 is 2.67 bits per heavy atom. The van der Waals surface area contributed by atoms with E-state index in [0.29, 0.717) is 11.6 Å². The van der Waals surface area contributed by atoms with E-state index in [2.05, 4.69) is 24.8 Å². The summed E-state index contributed by atoms with van der Waals surface area (Å²) in [4.78, 5) is 16.2. The number of methoxy groups -OCH3 is 1. The number of anilines is 2. The van der Waals surface area contributed by atoms with Gasteiger partial charge in [0.25, 0.3) is 0 Å². The Bertz CT molecular complexity index is 962. The number of aryl methyl sites for hydroxylation is 1. The highest BCUT2D eigenvalue weighted by atomic mass is 35.5. The molecule has 0 saturated carbocycles. The van der Waals surface area contributed by atoms with Crippen molar-refractivity contribution in [2.45, 2.75) is 12.8 Å². The van der Waals surface area contributed by atoms with E-state index in [1.165, 1.54) is 18.0 Å². The van der Waals surface area contributed by atoms with Gasteiger partial charge in [-0.1, -0.05) is 0 Å². The molecule has 30 heavy (non-hydrogen) atoms. The van der Waals surface area contributed by atoms with E-state index < -0.39 is 0 Å². The lowest BCUT2D eigenvalue weighted by Crippen LogP contribution is -2.47. The fraction of sp³-hybridized carbons (Fsp3) is 0.400. The molecular weight excluding hydrogens is 430 g/mol. The summed E-state index contributed by atoms with van der Waals surface area (Å²) < 4.78 is 18.7. The summed E-state index contributed by atoms with van der Waals surface area (Å²) in [5, 5.41) is 0.984. The monoisotopic (exact) mass is 456 g/mol. The summed E-state index contributed by atoms with van der Waals surface area (Å²) in [5.41, 5.74) is 8.77. The molecule has 1 aromatic carbocycles. The molecule has 1 aliphatic heterocycles. The zero-order chi connectivity index (χ0) is 19.5. The minimum absolute atomic E-state index is 0. The minimum Gasteiger partial charge on any atom is -0.479 e. The van der Waals surface area contributed by atoms with Crippen LogP contribution in [0.25, 0.3) is 10.9 Å². The number of nitrogens with zero attached hydrogens (tertiary/aromatic N) is 4. The molecule has 0 aliphatic carbocycles. The molecule has 1 saturated heterocycles. The molecule has 1 fully saturated rings. The van der Waals surface area contributed by atoms with E-state index in [0.717, 1.165) is 62.3 Å². The smallest absolute Gasteiger partial charge is 0.242 e. The highest BCUT2D eigenvalue weighted by Crippen LogP contribution is 2.28. The van der Waals surface area contributed by atoms with Crippen LogP contribution < -0.4 is 15.4 Å². The third-order valence-electron chi connectivity index (χ3n) is 5.34. The maximum Gasteiger partial charge on any atom is 0.242 e. The lowest BCUT2D eigenvalue weighted by atomic mass is 10.1. The maximum atomic E-state index is 13.5. The van der Waals surface area contributed by atoms with Crippen molar-refractivity contribution < 1.29 is 9.13 Å². The summed E-state index contributed by atoms with van der Waals surface area (Å²) in [5.74, 6) is 0.972. The number of halogens is 3. The van der Waals surface area contributed by atoms with Gasteiger partial charge in [-0.05, 0) is 43.1 Å². The molecule has 1 aliphatic rings. The number of fused-ring (bicyclic) bond motifs is 1. The first kappa shape index (κ1) is 24.0. The molecule has 10 heteroatoms. The summed E-state index contributed by atoms with van der Waals surface area (Å²) in [6.07, 6.45) is 5.45. The second kappa shape index (κ2) is 10.7. The summed E-state index contributed by atoms with van der Waals surface area (Å²) in [6, 6.07) is 4.89. The number of rotatable bonds is 6. The Kier molecular flexibility index (Phi) is 8.52. The number of aromatic amines is 1. The van der Waals surface area contributed by atoms with Crippen molar-refractivity contribution in [3.05, 3.63) is 42.1 Å². The number of nitrogens with one attached hydrogen (secondary N) is 1. The van der Waals surface area contributed by atoms with Crippen molar-refractivity contribution in [1.29, 1.82) is 0 Å². The van der Waals surface area contributed by atoms with Gasteiger partial charge in [0, 0.05) is 43.3 Å². The highest BCUT2D eigenvalue weighted by molar-refractivity contribution is 5.85. The number of H-pyrrole nitrogens is 1. The second-order valence-electron chi connectivity index (χ2n) is 7.06. The Labute approximate surface area is 187 Å². The maximum absolute atomic E-state index is 13.5. The highest BCUT2D eigenvalue weighted by Gasteiger charge is 2.21. The third kappa shape index (κ3) is 5.06. The van der Waals surface area contributed by atoms with Gasteiger partial charge in [-0.2, -0.15) is 4.98 Å². The number of hydrogen-bond donors (Lipinski definition) is 2. The number of ether oxygens (including phenoxy) is 1. The molecular formula is C20H27Cl2FN6O. The van der Waals surface area contributed by atoms with Crippen LogP contribution in [-0.4, -0.2) is 59.7 Å². The lowest BCUT2D eigenvalue weighted by Gasteiger charge is -2.35. The number of benzene rings is 1. The van der Waals surface area contributed by atoms with Crippen LogP contribution in [0.2, 0.25) is 0 Å². The van der Waals surface area contributed by atoms with Gasteiger partial charge in [-0.15, -0.1) is 24.8 Å². The molecule has 0 bridgehead atoms. The van der Waals surface area contributed by atoms with Crippen LogP contribution >= 0.6 is 24.8 Å². The van der Waals surface area contributed by atoms with Crippen molar-refractivity contribution in [3.8, 4) is 5.88 Å². The van der Waals surface area contributed by atoms with Gasteiger partial charge in [-0.3, -0.25) is 4.90 Å². The fourth-order valence-electron chi connectivity index (χ4n) is 3.82. The first-order valence-electron chi connectivity index (χ1n) is 9.53. The van der Waals surface area contributed by atoms with Crippen LogP contribution in [-0.2, 0) is 6.42 Å². The standard InChI is InChI=1S/C20H25FN6O.2ClH/c1-28-20-18(22)19(24-13-25-20)27-9-7-26(8-10-27)6-2-3-14-12-23-17-5-4-15(21)11-16(14)17;;/h4-5,11-13,23H,2-3,6-10,22H2,1H3;2*1H. The normalized spacial score (nSPS) is 14.3. The predicted molar refractivity (Wildman–Crippen MR) is 123 cm³/mol. The molecule has 0 unspecified atom stereocenters. The molecule has 0 atom stereocenters. The van der Waals surface area contributed by atoms with E-state index in [1.807, 2.05) is 6.20 Å². The fourth-order valence-corrected chi connectivity index (χ4v) is 3.82. The van der Waals surface area contributed by atoms with E-state index in [1.54, 1.807) is 19.2 Å². The molecule has 0 spiro atoms. The van der Waals surface area contributed by atoms with E-state index in [-0.39, 0.29) is 30.6 Å². The van der Waals surface area contributed by atoms with Crippen LogP contribution in [0, 0.1) is 5.82 Å². The molecule has 0 amide bonds. The van der Waals surface area contributed by atoms with Crippen molar-refractivity contribution in [2.75, 3.05) is 50.5 Å². The molecule has 0 radical (unpaired) electrons. The quantitative estimate of drug-likeness (QED) is 0.591. The van der Waals surface area contributed by atoms with Crippen LogP contribution in [0.1, 0.15) is 12.0 Å². The summed E-state index contributed by atoms with van der Waals surface area (Å²) in [7, 11) is 1.56. The molecule has 7 nitrogen and oxygen atoms in total. The number of nitrogens with two attached hydrogens (primary N) is 1. The van der Waals surface area contributed by atoms with Crippen molar-refractivity contribution in [3.63, 3.8) is 0 Å². The number of nitrogen functional groups attached to an aromatic ring is 1. The molecule has 3 heterocycles. The average molecular weight is 457 g/mol. The number of aromatic nitrogens is 3. The van der Waals surface area contributed by atoms with Gasteiger partial charge in [0.15, 0.2) is 5.82 Å². The molecule has 3 aromatic rings. The molecule has 4 rings (SSSR count). The molecule has 3 N–H and O–H groups in total. The van der Waals surface area contributed by atoms with Gasteiger partial charge in [0.1, 0.15) is 17.8 Å². The van der Waals surface area contributed by atoms with E-state index in [4.69, 9.17) is 10.5 Å². The Morgan fingerprint density at radius 2 is 1.93 bits per heavy atom. The number of hydrogen-bond acceptors (Lipinski definition) is 6. The zero-order valence-electron chi connectivity index (χ0n) is 16.8. The average Bonchev–Trinajstić information content (AvgIpc) is 3.11. The van der Waals surface area contributed by atoms with E-state index in [9.17, 15) is 4.39 Å². The summed E-state index contributed by atoms with van der Waals surface area (Å²) in [6.45, 7) is 4.65. The van der Waals surface area contributed by atoms with Crippen molar-refractivity contribution in [2.24, 2.45) is 0 Å². The molecule has 164 valence electrons. The Morgan fingerprint density at radius 1 is 1.17 bits per heavy atom. The van der Waals surface area contributed by atoms with Crippen LogP contribution in [0.5, 0.6) is 5.88 Å². The lowest BCUT2D eigenvalue weighted by molar-refractivity contribution is 0.254. The van der Waals surface area contributed by atoms with E-state index >= 15 is 0 Å². The van der Waals surface area contributed by atoms with Crippen molar-refractivity contribution >= 4 is 47.2 Å². The SMILES string of the molecule is COc1ncnc(N2CCN(CCCc3c[nH]c4ccc(F)cc34)CC2)c1N.Cl.Cl. The largest absolute Gasteiger partial charge is 0.479 e. The van der Waals surface area contributed by atoms with Gasteiger partial charge >= 0.3 is 0 Å². The van der Waals surface area contributed by atoms with Gasteiger partial charge in [0.2, 0.25) is 5.88 Å². The topological polar surface area (TPSA) is 83.3 Å². The first-order valence-corrected chi connectivity index (χ1v) is 9.53. The minimum atomic E-state index is -0.190. The van der Waals surface area contributed by atoms with Crippen LogP contribution in [0.15, 0.2) is 30.7 Å². The predicted octanol–water partition coefficient (Wildman–Crippen LogP) is 3.29. The van der Waals surface area contributed by atoms with Crippen molar-refractivity contribution in [1.82, 2.24) is 19.9 Å². The molecule has 2 aromatic heterocycles. The Hall–Kier alpha value is -2.29. The van der Waals surface area contributed by atoms with Crippen LogP contribution in [0.3, 0.4) is 0 Å². The van der Waals surface area contributed by atoms with Gasteiger partial charge in [-0.25, -0.2) is 9.37 Å². The number of piperazine rings is 1.